The first-order valence-electron chi connectivity index (χ1n) is 9.64. The van der Waals surface area contributed by atoms with Crippen LogP contribution in [0.25, 0.3) is 0 Å². The molecule has 2 N–H and O–H groups in total. The smallest absolute Gasteiger partial charge is 0.191 e. The van der Waals surface area contributed by atoms with Crippen LogP contribution in [0.4, 0.5) is 0 Å². The number of nitrogens with zero attached hydrogens (tertiary/aromatic N) is 2. The van der Waals surface area contributed by atoms with E-state index in [1.54, 1.807) is 0 Å². The quantitative estimate of drug-likeness (QED) is 0.427. The second kappa shape index (κ2) is 8.88. The highest BCUT2D eigenvalue weighted by Gasteiger charge is 2.27. The summed E-state index contributed by atoms with van der Waals surface area (Å²) in [6.07, 6.45) is 10.9. The van der Waals surface area contributed by atoms with Gasteiger partial charge in [-0.15, -0.1) is 0 Å². The maximum atomic E-state index is 5.66. The Hall–Kier alpha value is -0.810. The zero-order valence-corrected chi connectivity index (χ0v) is 14.7. The average Bonchev–Trinajstić information content (AvgIpc) is 3.24. The molecule has 5 nitrogen and oxygen atoms in total. The number of ether oxygens (including phenoxy) is 1. The van der Waals surface area contributed by atoms with Gasteiger partial charge in [-0.2, -0.15) is 0 Å². The SMILES string of the molecule is CN=C(NCCOCC1CC1)NC1CCN(C2CCCC2)CC1. The first-order valence-corrected chi connectivity index (χ1v) is 9.64. The number of nitrogens with one attached hydrogen (secondary N) is 2. The van der Waals surface area contributed by atoms with E-state index in [-0.39, 0.29) is 0 Å². The summed E-state index contributed by atoms with van der Waals surface area (Å²) < 4.78 is 5.66. The molecule has 0 aromatic heterocycles. The highest BCUT2D eigenvalue weighted by Crippen LogP contribution is 2.28. The Morgan fingerprint density at radius 1 is 1.09 bits per heavy atom. The van der Waals surface area contributed by atoms with Crippen molar-refractivity contribution in [1.82, 2.24) is 15.5 Å². The fourth-order valence-electron chi connectivity index (χ4n) is 3.84. The molecule has 0 aromatic carbocycles. The van der Waals surface area contributed by atoms with Crippen molar-refractivity contribution >= 4 is 5.96 Å². The molecule has 0 radical (unpaired) electrons. The third kappa shape index (κ3) is 5.64. The van der Waals surface area contributed by atoms with Gasteiger partial charge < -0.3 is 20.3 Å². The summed E-state index contributed by atoms with van der Waals surface area (Å²) in [7, 11) is 1.86. The van der Waals surface area contributed by atoms with E-state index < -0.39 is 0 Å². The number of rotatable bonds is 7. The van der Waals surface area contributed by atoms with E-state index in [4.69, 9.17) is 4.74 Å². The fraction of sp³-hybridized carbons (Fsp3) is 0.944. The van der Waals surface area contributed by atoms with Crippen LogP contribution in [0.3, 0.4) is 0 Å². The van der Waals surface area contributed by atoms with Gasteiger partial charge in [0.1, 0.15) is 0 Å². The van der Waals surface area contributed by atoms with Gasteiger partial charge in [-0.25, -0.2) is 0 Å². The Kier molecular flexibility index (Phi) is 6.57. The van der Waals surface area contributed by atoms with Crippen LogP contribution < -0.4 is 10.6 Å². The van der Waals surface area contributed by atoms with E-state index in [1.165, 1.54) is 64.5 Å². The van der Waals surface area contributed by atoms with Gasteiger partial charge in [0, 0.05) is 45.4 Å². The molecule has 3 rings (SSSR count). The van der Waals surface area contributed by atoms with Gasteiger partial charge in [0.05, 0.1) is 6.61 Å². The minimum absolute atomic E-state index is 0.561. The summed E-state index contributed by atoms with van der Waals surface area (Å²) in [6.45, 7) is 5.03. The van der Waals surface area contributed by atoms with E-state index in [0.717, 1.165) is 37.7 Å². The summed E-state index contributed by atoms with van der Waals surface area (Å²) in [5.41, 5.74) is 0. The van der Waals surface area contributed by atoms with Gasteiger partial charge in [-0.05, 0) is 44.4 Å². The Bertz CT molecular complexity index is 369. The zero-order chi connectivity index (χ0) is 15.9. The first kappa shape index (κ1) is 17.0. The van der Waals surface area contributed by atoms with Gasteiger partial charge >= 0.3 is 0 Å². The van der Waals surface area contributed by atoms with Crippen molar-refractivity contribution < 1.29 is 4.74 Å². The number of hydrogen-bond acceptors (Lipinski definition) is 3. The van der Waals surface area contributed by atoms with E-state index in [2.05, 4.69) is 20.5 Å². The molecule has 0 bridgehead atoms. The summed E-state index contributed by atoms with van der Waals surface area (Å²) in [4.78, 5) is 7.06. The standard InChI is InChI=1S/C18H34N4O/c1-19-18(20-10-13-23-14-15-6-7-15)21-16-8-11-22(12-9-16)17-4-2-3-5-17/h15-17H,2-14H2,1H3,(H2,19,20,21). The summed E-state index contributed by atoms with van der Waals surface area (Å²) >= 11 is 0. The minimum Gasteiger partial charge on any atom is -0.379 e. The average molecular weight is 322 g/mol. The third-order valence-electron chi connectivity index (χ3n) is 5.52. The van der Waals surface area contributed by atoms with Crippen molar-refractivity contribution in [2.75, 3.05) is 39.9 Å². The normalized spacial score (nSPS) is 25.0. The number of hydrogen-bond donors (Lipinski definition) is 2. The molecule has 3 fully saturated rings. The zero-order valence-electron chi connectivity index (χ0n) is 14.7. The number of guanidine groups is 1. The van der Waals surface area contributed by atoms with Crippen molar-refractivity contribution in [3.63, 3.8) is 0 Å². The van der Waals surface area contributed by atoms with E-state index in [9.17, 15) is 0 Å². The molecule has 5 heteroatoms. The van der Waals surface area contributed by atoms with Gasteiger partial charge in [-0.3, -0.25) is 4.99 Å². The van der Waals surface area contributed by atoms with Gasteiger partial charge in [0.15, 0.2) is 5.96 Å². The van der Waals surface area contributed by atoms with E-state index >= 15 is 0 Å². The summed E-state index contributed by atoms with van der Waals surface area (Å²) in [6, 6.07) is 1.43. The molecular weight excluding hydrogens is 288 g/mol. The van der Waals surface area contributed by atoms with Crippen LogP contribution in [-0.4, -0.2) is 62.8 Å². The Morgan fingerprint density at radius 2 is 1.83 bits per heavy atom. The largest absolute Gasteiger partial charge is 0.379 e. The molecule has 132 valence electrons. The molecule has 2 aliphatic carbocycles. The molecule has 1 saturated heterocycles. The van der Waals surface area contributed by atoms with Gasteiger partial charge in [0.25, 0.3) is 0 Å². The molecule has 2 saturated carbocycles. The Labute approximate surface area is 141 Å². The van der Waals surface area contributed by atoms with Crippen molar-refractivity contribution in [3.05, 3.63) is 0 Å². The maximum absolute atomic E-state index is 5.66. The lowest BCUT2D eigenvalue weighted by atomic mass is 10.0. The van der Waals surface area contributed by atoms with Crippen molar-refractivity contribution in [2.24, 2.45) is 10.9 Å². The van der Waals surface area contributed by atoms with Crippen LogP contribution in [0.2, 0.25) is 0 Å². The van der Waals surface area contributed by atoms with Gasteiger partial charge in [0.2, 0.25) is 0 Å². The molecule has 0 unspecified atom stereocenters. The molecular formula is C18H34N4O. The number of aliphatic imine (C=N–C) groups is 1. The van der Waals surface area contributed by atoms with E-state index in [1.807, 2.05) is 7.05 Å². The topological polar surface area (TPSA) is 48.9 Å². The second-order valence-corrected chi connectivity index (χ2v) is 7.41. The van der Waals surface area contributed by atoms with Crippen molar-refractivity contribution in [1.29, 1.82) is 0 Å². The summed E-state index contributed by atoms with van der Waals surface area (Å²) in [5, 5.41) is 6.96. The highest BCUT2D eigenvalue weighted by atomic mass is 16.5. The lowest BCUT2D eigenvalue weighted by Gasteiger charge is -2.36. The molecule has 23 heavy (non-hydrogen) atoms. The Balaban J connectivity index is 1.28. The predicted octanol–water partition coefficient (Wildman–Crippen LogP) is 1.99. The predicted molar refractivity (Wildman–Crippen MR) is 94.9 cm³/mol. The fourth-order valence-corrected chi connectivity index (χ4v) is 3.84. The Morgan fingerprint density at radius 3 is 2.48 bits per heavy atom. The van der Waals surface area contributed by atoms with Crippen LogP contribution in [0.5, 0.6) is 0 Å². The van der Waals surface area contributed by atoms with Crippen LogP contribution in [0.15, 0.2) is 4.99 Å². The van der Waals surface area contributed by atoms with E-state index in [0.29, 0.717) is 6.04 Å². The molecule has 0 amide bonds. The monoisotopic (exact) mass is 322 g/mol. The minimum atomic E-state index is 0.561. The number of piperidine rings is 1. The van der Waals surface area contributed by atoms with Crippen LogP contribution in [0, 0.1) is 5.92 Å². The van der Waals surface area contributed by atoms with Crippen molar-refractivity contribution in [3.8, 4) is 0 Å². The molecule has 0 aromatic rings. The molecule has 0 spiro atoms. The maximum Gasteiger partial charge on any atom is 0.191 e. The van der Waals surface area contributed by atoms with Crippen LogP contribution in [0.1, 0.15) is 51.4 Å². The molecule has 1 heterocycles. The molecule has 3 aliphatic rings. The first-order chi connectivity index (χ1) is 11.3. The van der Waals surface area contributed by atoms with Crippen LogP contribution >= 0.6 is 0 Å². The van der Waals surface area contributed by atoms with Crippen LogP contribution in [-0.2, 0) is 4.74 Å². The molecule has 1 aliphatic heterocycles. The summed E-state index contributed by atoms with van der Waals surface area (Å²) in [5.74, 6) is 1.77. The lowest BCUT2D eigenvalue weighted by Crippen LogP contribution is -2.50. The third-order valence-corrected chi connectivity index (χ3v) is 5.52. The highest BCUT2D eigenvalue weighted by molar-refractivity contribution is 5.79. The second-order valence-electron chi connectivity index (χ2n) is 7.41. The molecule has 0 atom stereocenters. The van der Waals surface area contributed by atoms with Crippen molar-refractivity contribution in [2.45, 2.75) is 63.5 Å². The van der Waals surface area contributed by atoms with Gasteiger partial charge in [-0.1, -0.05) is 12.8 Å². The number of likely N-dealkylation sites (tertiary alicyclic amines) is 1. The lowest BCUT2D eigenvalue weighted by molar-refractivity contribution is 0.128.